The van der Waals surface area contributed by atoms with E-state index < -0.39 is 34.4 Å². The van der Waals surface area contributed by atoms with Crippen LogP contribution in [0.2, 0.25) is 0 Å². The number of nitrogens with one attached hydrogen (secondary N) is 1. The summed E-state index contributed by atoms with van der Waals surface area (Å²) in [6, 6.07) is 8.96. The number of likely N-dealkylation sites (N-methyl/N-ethyl adjacent to an activating group) is 1. The summed E-state index contributed by atoms with van der Waals surface area (Å²) in [6.07, 6.45) is -3.18. The molecular formula is C25H24F4N2O2. The molecule has 0 aliphatic rings. The third-order valence-electron chi connectivity index (χ3n) is 5.71. The van der Waals surface area contributed by atoms with Crippen LogP contribution in [0.25, 0.3) is 11.1 Å². The number of hydrogen-bond acceptors (Lipinski definition) is 2. The van der Waals surface area contributed by atoms with E-state index in [0.29, 0.717) is 27.9 Å². The van der Waals surface area contributed by atoms with E-state index in [0.717, 1.165) is 12.1 Å². The molecule has 3 rings (SSSR count). The summed E-state index contributed by atoms with van der Waals surface area (Å²) in [5.74, 6) is -0.914. The fourth-order valence-corrected chi connectivity index (χ4v) is 3.85. The van der Waals surface area contributed by atoms with Crippen molar-refractivity contribution in [1.82, 2.24) is 4.98 Å². The average molecular weight is 460 g/mol. The van der Waals surface area contributed by atoms with Gasteiger partial charge in [0, 0.05) is 24.9 Å². The van der Waals surface area contributed by atoms with Crippen molar-refractivity contribution in [2.75, 3.05) is 11.9 Å². The fraction of sp³-hybridized carbons (Fsp3) is 0.280. The number of pyridine rings is 1. The van der Waals surface area contributed by atoms with Crippen molar-refractivity contribution in [3.05, 3.63) is 87.1 Å². The molecule has 0 aliphatic carbocycles. The minimum atomic E-state index is -4.54. The highest BCUT2D eigenvalue weighted by molar-refractivity contribution is 6.03. The number of nitrogens with zero attached hydrogens (tertiary/aromatic N) is 1. The second-order valence-electron chi connectivity index (χ2n) is 8.63. The Hall–Kier alpha value is -3.42. The second-order valence-corrected chi connectivity index (χ2v) is 8.63. The molecule has 4 nitrogen and oxygen atoms in total. The van der Waals surface area contributed by atoms with Gasteiger partial charge in [-0.2, -0.15) is 13.2 Å². The first-order chi connectivity index (χ1) is 15.2. The van der Waals surface area contributed by atoms with E-state index in [2.05, 4.69) is 4.98 Å². The highest BCUT2D eigenvalue weighted by Crippen LogP contribution is 2.37. The highest BCUT2D eigenvalue weighted by Gasteiger charge is 2.37. The summed E-state index contributed by atoms with van der Waals surface area (Å²) in [6.45, 7) is 6.32. The van der Waals surface area contributed by atoms with E-state index in [-0.39, 0.29) is 5.56 Å². The standard InChI is InChI=1S/C25H24F4N2O2/c1-14-8-16(11-17(9-14)25(27,28)29)24(3,4)23(33)31(5)21-13-30-22(32)12-20(21)19-7-6-18(26)10-15(19)2/h6-13H,1-5H3,(H,30,32). The molecular weight excluding hydrogens is 436 g/mol. The van der Waals surface area contributed by atoms with Gasteiger partial charge in [0.1, 0.15) is 5.82 Å². The molecule has 1 heterocycles. The number of amides is 1. The number of benzene rings is 2. The lowest BCUT2D eigenvalue weighted by molar-refractivity contribution is -0.137. The van der Waals surface area contributed by atoms with E-state index in [1.165, 1.54) is 42.4 Å². The van der Waals surface area contributed by atoms with Crippen molar-refractivity contribution in [2.24, 2.45) is 0 Å². The van der Waals surface area contributed by atoms with Gasteiger partial charge in [0.25, 0.3) is 0 Å². The van der Waals surface area contributed by atoms with Crippen LogP contribution in [-0.2, 0) is 16.4 Å². The third-order valence-corrected chi connectivity index (χ3v) is 5.71. The fourth-order valence-electron chi connectivity index (χ4n) is 3.85. The molecule has 0 aliphatic heterocycles. The van der Waals surface area contributed by atoms with Crippen molar-refractivity contribution in [1.29, 1.82) is 0 Å². The summed E-state index contributed by atoms with van der Waals surface area (Å²) in [7, 11) is 1.49. The zero-order valence-corrected chi connectivity index (χ0v) is 18.9. The lowest BCUT2D eigenvalue weighted by Gasteiger charge is -2.31. The summed E-state index contributed by atoms with van der Waals surface area (Å²) in [5.41, 5.74) is -0.0783. The van der Waals surface area contributed by atoms with Gasteiger partial charge in [-0.3, -0.25) is 9.59 Å². The maximum absolute atomic E-state index is 13.6. The Morgan fingerprint density at radius 2 is 1.58 bits per heavy atom. The predicted molar refractivity (Wildman–Crippen MR) is 120 cm³/mol. The molecule has 8 heteroatoms. The van der Waals surface area contributed by atoms with Crippen LogP contribution in [0, 0.1) is 19.7 Å². The monoisotopic (exact) mass is 460 g/mol. The summed E-state index contributed by atoms with van der Waals surface area (Å²) in [5, 5.41) is 0. The van der Waals surface area contributed by atoms with Gasteiger partial charge in [-0.15, -0.1) is 0 Å². The second kappa shape index (κ2) is 8.50. The van der Waals surface area contributed by atoms with Crippen LogP contribution in [0.3, 0.4) is 0 Å². The number of hydrogen-bond donors (Lipinski definition) is 1. The van der Waals surface area contributed by atoms with Gasteiger partial charge >= 0.3 is 6.18 Å². The maximum Gasteiger partial charge on any atom is 0.416 e. The number of halogens is 4. The lowest BCUT2D eigenvalue weighted by Crippen LogP contribution is -2.42. The van der Waals surface area contributed by atoms with Gasteiger partial charge in [-0.05, 0) is 68.7 Å². The van der Waals surface area contributed by atoms with Crippen LogP contribution in [0.5, 0.6) is 0 Å². The van der Waals surface area contributed by atoms with Crippen molar-refractivity contribution < 1.29 is 22.4 Å². The number of H-pyrrole nitrogens is 1. The van der Waals surface area contributed by atoms with Gasteiger partial charge in [-0.1, -0.05) is 17.7 Å². The van der Waals surface area contributed by atoms with Crippen LogP contribution in [0.15, 0.2) is 53.5 Å². The van der Waals surface area contributed by atoms with Crippen LogP contribution < -0.4 is 10.5 Å². The molecule has 3 aromatic rings. The SMILES string of the molecule is Cc1cc(C(F)(F)F)cc(C(C)(C)C(=O)N(C)c2c[nH]c(=O)cc2-c2ccc(F)cc2C)c1. The molecule has 0 saturated heterocycles. The molecule has 1 aromatic heterocycles. The number of carbonyl (C=O) groups excluding carboxylic acids is 1. The summed E-state index contributed by atoms with van der Waals surface area (Å²) < 4.78 is 53.7. The lowest BCUT2D eigenvalue weighted by atomic mass is 9.81. The number of rotatable bonds is 4. The summed E-state index contributed by atoms with van der Waals surface area (Å²) in [4.78, 5) is 29.4. The molecule has 0 atom stereocenters. The number of alkyl halides is 3. The minimum Gasteiger partial charge on any atom is -0.327 e. The van der Waals surface area contributed by atoms with Crippen molar-refractivity contribution in [2.45, 2.75) is 39.3 Å². The smallest absolute Gasteiger partial charge is 0.327 e. The van der Waals surface area contributed by atoms with Gasteiger partial charge in [0.05, 0.1) is 16.7 Å². The van der Waals surface area contributed by atoms with E-state index in [1.54, 1.807) is 33.8 Å². The Morgan fingerprint density at radius 3 is 2.18 bits per heavy atom. The highest BCUT2D eigenvalue weighted by atomic mass is 19.4. The number of aromatic nitrogens is 1. The van der Waals surface area contributed by atoms with Crippen molar-refractivity contribution in [3.8, 4) is 11.1 Å². The third kappa shape index (κ3) is 4.84. The number of aromatic amines is 1. The van der Waals surface area contributed by atoms with Crippen molar-refractivity contribution >= 4 is 11.6 Å². The maximum atomic E-state index is 13.6. The quantitative estimate of drug-likeness (QED) is 0.504. The van der Waals surface area contributed by atoms with Gasteiger partial charge in [-0.25, -0.2) is 4.39 Å². The van der Waals surface area contributed by atoms with E-state index in [1.807, 2.05) is 0 Å². The van der Waals surface area contributed by atoms with E-state index >= 15 is 0 Å². The Kier molecular flexibility index (Phi) is 6.24. The number of anilines is 1. The van der Waals surface area contributed by atoms with Crippen LogP contribution >= 0.6 is 0 Å². The van der Waals surface area contributed by atoms with Crippen LogP contribution in [-0.4, -0.2) is 17.9 Å². The molecule has 1 N–H and O–H groups in total. The minimum absolute atomic E-state index is 0.218. The Bertz CT molecular complexity index is 1280. The van der Waals surface area contributed by atoms with Gasteiger partial charge in [0.15, 0.2) is 0 Å². The molecule has 0 fully saturated rings. The van der Waals surface area contributed by atoms with Crippen LogP contribution in [0.4, 0.5) is 23.2 Å². The van der Waals surface area contributed by atoms with Crippen LogP contribution in [0.1, 0.15) is 36.1 Å². The Balaban J connectivity index is 2.10. The first kappa shape index (κ1) is 24.2. The Labute approximate surface area is 188 Å². The zero-order chi connectivity index (χ0) is 24.7. The molecule has 33 heavy (non-hydrogen) atoms. The molecule has 1 amide bonds. The molecule has 174 valence electrons. The Morgan fingerprint density at radius 1 is 0.939 bits per heavy atom. The molecule has 0 radical (unpaired) electrons. The normalized spacial score (nSPS) is 12.0. The molecule has 0 bridgehead atoms. The molecule has 2 aromatic carbocycles. The van der Waals surface area contributed by atoms with Gasteiger partial charge in [0.2, 0.25) is 11.5 Å². The van der Waals surface area contributed by atoms with E-state index in [9.17, 15) is 27.2 Å². The van der Waals surface area contributed by atoms with E-state index in [4.69, 9.17) is 0 Å². The number of carbonyl (C=O) groups is 1. The zero-order valence-electron chi connectivity index (χ0n) is 18.9. The number of aryl methyl sites for hydroxylation is 2. The first-order valence-electron chi connectivity index (χ1n) is 10.2. The topological polar surface area (TPSA) is 53.2 Å². The predicted octanol–water partition coefficient (Wildman–Crippen LogP) is 5.76. The largest absolute Gasteiger partial charge is 0.416 e. The molecule has 0 spiro atoms. The molecule has 0 saturated carbocycles. The van der Waals surface area contributed by atoms with Crippen molar-refractivity contribution in [3.63, 3.8) is 0 Å². The van der Waals surface area contributed by atoms with Gasteiger partial charge < -0.3 is 9.88 Å². The molecule has 0 unspecified atom stereocenters. The first-order valence-corrected chi connectivity index (χ1v) is 10.2. The average Bonchev–Trinajstić information content (AvgIpc) is 2.71. The summed E-state index contributed by atoms with van der Waals surface area (Å²) >= 11 is 0.